The highest BCUT2D eigenvalue weighted by atomic mass is 16.5. The van der Waals surface area contributed by atoms with Gasteiger partial charge in [0.15, 0.2) is 0 Å². The highest BCUT2D eigenvalue weighted by molar-refractivity contribution is 5.76. The normalized spacial score (nSPS) is 23.0. The van der Waals surface area contributed by atoms with Crippen molar-refractivity contribution in [2.75, 3.05) is 19.8 Å². The van der Waals surface area contributed by atoms with Gasteiger partial charge < -0.3 is 19.7 Å². The Morgan fingerprint density at radius 2 is 2.18 bits per heavy atom. The number of ether oxygens (including phenoxy) is 2. The Morgan fingerprint density at radius 3 is 2.96 bits per heavy atom. The summed E-state index contributed by atoms with van der Waals surface area (Å²) in [5.41, 5.74) is 1.07. The molecule has 3 heterocycles. The summed E-state index contributed by atoms with van der Waals surface area (Å²) >= 11 is 0. The summed E-state index contributed by atoms with van der Waals surface area (Å²) in [4.78, 5) is 23.2. The van der Waals surface area contributed by atoms with Crippen LogP contribution in [0.4, 0.5) is 4.79 Å². The van der Waals surface area contributed by atoms with E-state index in [2.05, 4.69) is 21.4 Å². The van der Waals surface area contributed by atoms with Gasteiger partial charge in [-0.3, -0.25) is 0 Å². The maximum Gasteiger partial charge on any atom is 0.318 e. The fourth-order valence-corrected chi connectivity index (χ4v) is 4.08. The molecule has 4 rings (SSSR count). The summed E-state index contributed by atoms with van der Waals surface area (Å²) in [5, 5.41) is 3.04. The lowest BCUT2D eigenvalue weighted by Gasteiger charge is -2.34. The van der Waals surface area contributed by atoms with Gasteiger partial charge in [-0.2, -0.15) is 4.98 Å². The van der Waals surface area contributed by atoms with Crippen molar-refractivity contribution in [2.24, 2.45) is 11.8 Å². The smallest absolute Gasteiger partial charge is 0.318 e. The van der Waals surface area contributed by atoms with Crippen LogP contribution in [0.25, 0.3) is 0 Å². The molecule has 7 heteroatoms. The lowest BCUT2D eigenvalue weighted by Crippen LogP contribution is -2.44. The van der Waals surface area contributed by atoms with Crippen LogP contribution in [0, 0.1) is 18.8 Å². The molecule has 0 aliphatic carbocycles. The van der Waals surface area contributed by atoms with Crippen molar-refractivity contribution in [3.63, 3.8) is 0 Å². The molecule has 148 valence electrons. The lowest BCUT2D eigenvalue weighted by atomic mass is 9.86. The third-order valence-electron chi connectivity index (χ3n) is 5.32. The molecule has 1 fully saturated rings. The van der Waals surface area contributed by atoms with Gasteiger partial charge in [0, 0.05) is 42.2 Å². The van der Waals surface area contributed by atoms with Crippen LogP contribution in [-0.2, 0) is 0 Å². The Labute approximate surface area is 165 Å². The predicted molar refractivity (Wildman–Crippen MR) is 104 cm³/mol. The average molecular weight is 382 g/mol. The van der Waals surface area contributed by atoms with E-state index in [1.54, 1.807) is 12.3 Å². The number of urea groups is 1. The molecule has 2 aliphatic rings. The van der Waals surface area contributed by atoms with Gasteiger partial charge in [0.2, 0.25) is 5.88 Å². The highest BCUT2D eigenvalue weighted by Crippen LogP contribution is 2.47. The predicted octanol–water partition coefficient (Wildman–Crippen LogP) is 2.96. The minimum Gasteiger partial charge on any atom is -0.493 e. The number of hydrogen-bond acceptors (Lipinski definition) is 5. The number of rotatable bonds is 4. The Kier molecular flexibility index (Phi) is 5.07. The number of hydrogen-bond donors (Lipinski definition) is 1. The fourth-order valence-electron chi connectivity index (χ4n) is 4.08. The van der Waals surface area contributed by atoms with E-state index in [1.807, 2.05) is 43.9 Å². The first kappa shape index (κ1) is 18.5. The Balaban J connectivity index is 1.57. The SMILES string of the molecule is Cc1nccc(OC[C@@H]2CN(C(=O)NC(C)C)[C@H]3c4ccccc4OC[C@@H]23)n1. The highest BCUT2D eigenvalue weighted by Gasteiger charge is 2.48. The first-order valence-electron chi connectivity index (χ1n) is 9.74. The van der Waals surface area contributed by atoms with Crippen molar-refractivity contribution in [2.45, 2.75) is 32.9 Å². The van der Waals surface area contributed by atoms with Crippen LogP contribution in [-0.4, -0.2) is 46.7 Å². The second-order valence-electron chi connectivity index (χ2n) is 7.73. The molecule has 1 saturated heterocycles. The zero-order valence-electron chi connectivity index (χ0n) is 16.5. The third-order valence-corrected chi connectivity index (χ3v) is 5.32. The summed E-state index contributed by atoms with van der Waals surface area (Å²) in [5.74, 6) is 2.43. The Morgan fingerprint density at radius 1 is 1.36 bits per heavy atom. The maximum atomic E-state index is 12.9. The van der Waals surface area contributed by atoms with Crippen molar-refractivity contribution in [1.29, 1.82) is 0 Å². The van der Waals surface area contributed by atoms with Crippen molar-refractivity contribution in [3.8, 4) is 11.6 Å². The van der Waals surface area contributed by atoms with Crippen molar-refractivity contribution in [3.05, 3.63) is 47.9 Å². The van der Waals surface area contributed by atoms with Crippen LogP contribution >= 0.6 is 0 Å². The molecule has 0 bridgehead atoms. The molecule has 28 heavy (non-hydrogen) atoms. The summed E-state index contributed by atoms with van der Waals surface area (Å²) in [6.45, 7) is 7.46. The number of nitrogens with one attached hydrogen (secondary N) is 1. The number of fused-ring (bicyclic) bond motifs is 3. The van der Waals surface area contributed by atoms with Gasteiger partial charge in [-0.05, 0) is 26.8 Å². The number of carbonyl (C=O) groups excluding carboxylic acids is 1. The van der Waals surface area contributed by atoms with Gasteiger partial charge in [-0.15, -0.1) is 0 Å². The number of benzene rings is 1. The van der Waals surface area contributed by atoms with E-state index in [-0.39, 0.29) is 30.0 Å². The molecular weight excluding hydrogens is 356 g/mol. The fraction of sp³-hybridized carbons (Fsp3) is 0.476. The number of aromatic nitrogens is 2. The number of para-hydroxylation sites is 1. The molecule has 2 aliphatic heterocycles. The molecule has 0 unspecified atom stereocenters. The topological polar surface area (TPSA) is 76.6 Å². The summed E-state index contributed by atoms with van der Waals surface area (Å²) in [7, 11) is 0. The van der Waals surface area contributed by atoms with Crippen molar-refractivity contribution >= 4 is 6.03 Å². The molecule has 7 nitrogen and oxygen atoms in total. The van der Waals surface area contributed by atoms with Gasteiger partial charge in [-0.25, -0.2) is 9.78 Å². The van der Waals surface area contributed by atoms with Crippen LogP contribution in [0.1, 0.15) is 31.3 Å². The van der Waals surface area contributed by atoms with Crippen LogP contribution in [0.15, 0.2) is 36.5 Å². The molecule has 1 aromatic heterocycles. The third kappa shape index (κ3) is 3.61. The number of amides is 2. The molecule has 2 amide bonds. The van der Waals surface area contributed by atoms with Crippen LogP contribution in [0.5, 0.6) is 11.6 Å². The Hall–Kier alpha value is -2.83. The summed E-state index contributed by atoms with van der Waals surface area (Å²) in [6, 6.07) is 9.78. The lowest BCUT2D eigenvalue weighted by molar-refractivity contribution is 0.126. The molecule has 2 aromatic rings. The molecule has 1 N–H and O–H groups in total. The van der Waals surface area contributed by atoms with E-state index in [1.165, 1.54) is 0 Å². The average Bonchev–Trinajstić information content (AvgIpc) is 3.05. The van der Waals surface area contributed by atoms with Crippen LogP contribution in [0.3, 0.4) is 0 Å². The monoisotopic (exact) mass is 382 g/mol. The van der Waals surface area contributed by atoms with Crippen LogP contribution < -0.4 is 14.8 Å². The molecule has 3 atom stereocenters. The Bertz CT molecular complexity index is 857. The second-order valence-corrected chi connectivity index (χ2v) is 7.73. The number of carbonyl (C=O) groups is 1. The van der Waals surface area contributed by atoms with Gasteiger partial charge in [0.1, 0.15) is 11.6 Å². The molecule has 0 spiro atoms. The van der Waals surface area contributed by atoms with Crippen LogP contribution in [0.2, 0.25) is 0 Å². The van der Waals surface area contributed by atoms with E-state index in [9.17, 15) is 4.79 Å². The van der Waals surface area contributed by atoms with E-state index >= 15 is 0 Å². The van der Waals surface area contributed by atoms with E-state index in [0.29, 0.717) is 31.5 Å². The van der Waals surface area contributed by atoms with Gasteiger partial charge in [0.25, 0.3) is 0 Å². The van der Waals surface area contributed by atoms with Gasteiger partial charge >= 0.3 is 6.03 Å². The number of aryl methyl sites for hydroxylation is 1. The van der Waals surface area contributed by atoms with Crippen molar-refractivity contribution in [1.82, 2.24) is 20.2 Å². The number of likely N-dealkylation sites (tertiary alicyclic amines) is 1. The maximum absolute atomic E-state index is 12.9. The molecule has 0 saturated carbocycles. The molecule has 1 aromatic carbocycles. The zero-order chi connectivity index (χ0) is 19.7. The molecule has 0 radical (unpaired) electrons. The minimum atomic E-state index is -0.0397. The van der Waals surface area contributed by atoms with E-state index in [0.717, 1.165) is 11.3 Å². The summed E-state index contributed by atoms with van der Waals surface area (Å²) < 4.78 is 12.0. The second kappa shape index (κ2) is 7.66. The minimum absolute atomic E-state index is 0.00978. The van der Waals surface area contributed by atoms with E-state index < -0.39 is 0 Å². The first-order chi connectivity index (χ1) is 13.5. The van der Waals surface area contributed by atoms with E-state index in [4.69, 9.17) is 9.47 Å². The first-order valence-corrected chi connectivity index (χ1v) is 9.74. The van der Waals surface area contributed by atoms with Gasteiger partial charge in [0.05, 0.1) is 19.3 Å². The standard InChI is InChI=1S/C21H26N4O3/c1-13(2)23-21(26)25-10-15(11-28-19-8-9-22-14(3)24-19)17-12-27-18-7-5-4-6-16(18)20(17)25/h4-9,13,15,17,20H,10-12H2,1-3H3,(H,23,26)/t15-,17-,20-/m0/s1. The van der Waals surface area contributed by atoms with Gasteiger partial charge in [-0.1, -0.05) is 18.2 Å². The summed E-state index contributed by atoms with van der Waals surface area (Å²) in [6.07, 6.45) is 1.69. The zero-order valence-corrected chi connectivity index (χ0v) is 16.5. The number of nitrogens with zero attached hydrogens (tertiary/aromatic N) is 3. The quantitative estimate of drug-likeness (QED) is 0.880. The molecular formula is C21H26N4O3. The largest absolute Gasteiger partial charge is 0.493 e. The van der Waals surface area contributed by atoms with Crippen molar-refractivity contribution < 1.29 is 14.3 Å².